The Labute approximate surface area is 94.7 Å². The summed E-state index contributed by atoms with van der Waals surface area (Å²) in [5.41, 5.74) is 0.918. The predicted molar refractivity (Wildman–Crippen MR) is 61.2 cm³/mol. The molecular formula is C12H16N2O2. The van der Waals surface area contributed by atoms with Gasteiger partial charge >= 0.3 is 0 Å². The average molecular weight is 220 g/mol. The fourth-order valence-electron chi connectivity index (χ4n) is 1.86. The molecule has 4 nitrogen and oxygen atoms in total. The van der Waals surface area contributed by atoms with E-state index in [-0.39, 0.29) is 17.7 Å². The smallest absolute Gasteiger partial charge is 0.224 e. The zero-order valence-corrected chi connectivity index (χ0v) is 9.07. The Morgan fingerprint density at radius 1 is 1.44 bits per heavy atom. The summed E-state index contributed by atoms with van der Waals surface area (Å²) in [6, 6.07) is 6.99. The first-order chi connectivity index (χ1) is 7.74. The summed E-state index contributed by atoms with van der Waals surface area (Å²) >= 11 is 0. The second-order valence-electron chi connectivity index (χ2n) is 4.10. The highest BCUT2D eigenvalue weighted by molar-refractivity contribution is 5.78. The fourth-order valence-corrected chi connectivity index (χ4v) is 1.86. The zero-order valence-electron chi connectivity index (χ0n) is 9.07. The van der Waals surface area contributed by atoms with Crippen molar-refractivity contribution < 1.29 is 9.90 Å². The topological polar surface area (TPSA) is 61.4 Å². The molecule has 16 heavy (non-hydrogen) atoms. The van der Waals surface area contributed by atoms with E-state index in [0.717, 1.165) is 25.1 Å². The number of nitrogens with one attached hydrogen (secondary N) is 2. The normalized spacial score (nSPS) is 19.6. The lowest BCUT2D eigenvalue weighted by atomic mass is 10.1. The number of hydrogen-bond acceptors (Lipinski definition) is 3. The van der Waals surface area contributed by atoms with Gasteiger partial charge in [0.25, 0.3) is 0 Å². The monoisotopic (exact) mass is 220 g/mol. The number of rotatable bonds is 3. The molecule has 1 amide bonds. The molecule has 1 aromatic carbocycles. The summed E-state index contributed by atoms with van der Waals surface area (Å²) in [7, 11) is 0. The van der Waals surface area contributed by atoms with E-state index < -0.39 is 0 Å². The minimum atomic E-state index is 0.0411. The van der Waals surface area contributed by atoms with Crippen LogP contribution in [0, 0.1) is 0 Å². The molecule has 1 fully saturated rings. The van der Waals surface area contributed by atoms with Crippen LogP contribution in [0.1, 0.15) is 12.0 Å². The molecule has 86 valence electrons. The molecule has 0 aromatic heterocycles. The van der Waals surface area contributed by atoms with Crippen LogP contribution in [-0.4, -0.2) is 30.1 Å². The fraction of sp³-hybridized carbons (Fsp3) is 0.417. The molecule has 1 heterocycles. The highest BCUT2D eigenvalue weighted by Gasteiger charge is 2.16. The summed E-state index contributed by atoms with van der Waals surface area (Å²) in [4.78, 5) is 11.7. The van der Waals surface area contributed by atoms with Gasteiger partial charge in [-0.1, -0.05) is 12.1 Å². The van der Waals surface area contributed by atoms with Crippen molar-refractivity contribution in [1.29, 1.82) is 0 Å². The van der Waals surface area contributed by atoms with Crippen LogP contribution in [0.3, 0.4) is 0 Å². The zero-order chi connectivity index (χ0) is 11.4. The molecule has 0 saturated carbocycles. The maximum atomic E-state index is 11.7. The van der Waals surface area contributed by atoms with Crippen LogP contribution in [0.15, 0.2) is 24.3 Å². The minimum Gasteiger partial charge on any atom is -0.508 e. The highest BCUT2D eigenvalue weighted by atomic mass is 16.3. The number of phenolic OH excluding ortho intramolecular Hbond substituents is 1. The third-order valence-corrected chi connectivity index (χ3v) is 2.73. The van der Waals surface area contributed by atoms with E-state index in [1.807, 2.05) is 0 Å². The van der Waals surface area contributed by atoms with Crippen molar-refractivity contribution in [3.05, 3.63) is 29.8 Å². The second kappa shape index (κ2) is 4.99. The van der Waals surface area contributed by atoms with Crippen LogP contribution in [0.4, 0.5) is 0 Å². The van der Waals surface area contributed by atoms with Crippen molar-refractivity contribution in [3.8, 4) is 5.75 Å². The lowest BCUT2D eigenvalue weighted by molar-refractivity contribution is -0.121. The molecule has 4 heteroatoms. The van der Waals surface area contributed by atoms with Gasteiger partial charge in [-0.25, -0.2) is 0 Å². The van der Waals surface area contributed by atoms with Crippen LogP contribution in [0.5, 0.6) is 5.75 Å². The van der Waals surface area contributed by atoms with E-state index in [1.165, 1.54) is 0 Å². The number of benzene rings is 1. The first-order valence-corrected chi connectivity index (χ1v) is 5.52. The highest BCUT2D eigenvalue weighted by Crippen LogP contribution is 2.10. The minimum absolute atomic E-state index is 0.0411. The lowest BCUT2D eigenvalue weighted by Gasteiger charge is -2.11. The van der Waals surface area contributed by atoms with Gasteiger partial charge in [-0.2, -0.15) is 0 Å². The molecule has 0 bridgehead atoms. The van der Waals surface area contributed by atoms with Gasteiger partial charge in [-0.15, -0.1) is 0 Å². The molecule has 1 atom stereocenters. The predicted octanol–water partition coefficient (Wildman–Crippen LogP) is 0.413. The molecule has 1 unspecified atom stereocenters. The molecule has 0 spiro atoms. The van der Waals surface area contributed by atoms with E-state index in [2.05, 4.69) is 10.6 Å². The van der Waals surface area contributed by atoms with Crippen LogP contribution < -0.4 is 10.6 Å². The van der Waals surface area contributed by atoms with Gasteiger partial charge in [-0.3, -0.25) is 4.79 Å². The third kappa shape index (κ3) is 2.97. The summed E-state index contributed by atoms with van der Waals surface area (Å²) in [6.07, 6.45) is 1.37. The van der Waals surface area contributed by atoms with Gasteiger partial charge in [0.1, 0.15) is 5.75 Å². The van der Waals surface area contributed by atoms with Crippen molar-refractivity contribution in [1.82, 2.24) is 10.6 Å². The number of amides is 1. The van der Waals surface area contributed by atoms with Crippen LogP contribution in [0.25, 0.3) is 0 Å². The number of carbonyl (C=O) groups is 1. The maximum absolute atomic E-state index is 11.7. The van der Waals surface area contributed by atoms with Gasteiger partial charge in [-0.05, 0) is 30.7 Å². The van der Waals surface area contributed by atoms with Gasteiger partial charge in [0.05, 0.1) is 6.42 Å². The van der Waals surface area contributed by atoms with Gasteiger partial charge in [0, 0.05) is 12.6 Å². The standard InChI is InChI=1S/C12H16N2O2/c15-11-3-1-9(2-4-11)7-12(16)14-10-5-6-13-8-10/h1-4,10,13,15H,5-8H2,(H,14,16). The van der Waals surface area contributed by atoms with Crippen molar-refractivity contribution in [2.75, 3.05) is 13.1 Å². The van der Waals surface area contributed by atoms with Crippen LogP contribution in [0.2, 0.25) is 0 Å². The Morgan fingerprint density at radius 3 is 2.81 bits per heavy atom. The SMILES string of the molecule is O=C(Cc1ccc(O)cc1)NC1CCNC1. The number of carbonyl (C=O) groups excluding carboxylic acids is 1. The van der Waals surface area contributed by atoms with E-state index >= 15 is 0 Å². The molecule has 3 N–H and O–H groups in total. The molecule has 1 aliphatic heterocycles. The molecular weight excluding hydrogens is 204 g/mol. The first-order valence-electron chi connectivity index (χ1n) is 5.52. The van der Waals surface area contributed by atoms with Gasteiger partial charge in [0.15, 0.2) is 0 Å². The van der Waals surface area contributed by atoms with Gasteiger partial charge < -0.3 is 15.7 Å². The van der Waals surface area contributed by atoms with Crippen molar-refractivity contribution in [2.24, 2.45) is 0 Å². The summed E-state index contributed by atoms with van der Waals surface area (Å²) in [6.45, 7) is 1.84. The van der Waals surface area contributed by atoms with E-state index in [0.29, 0.717) is 6.42 Å². The van der Waals surface area contributed by atoms with Crippen LogP contribution >= 0.6 is 0 Å². The number of aromatic hydroxyl groups is 1. The van der Waals surface area contributed by atoms with E-state index in [1.54, 1.807) is 24.3 Å². The van der Waals surface area contributed by atoms with Crippen molar-refractivity contribution in [3.63, 3.8) is 0 Å². The van der Waals surface area contributed by atoms with Crippen LogP contribution in [-0.2, 0) is 11.2 Å². The Hall–Kier alpha value is -1.55. The second-order valence-corrected chi connectivity index (χ2v) is 4.10. The molecule has 1 aliphatic rings. The quantitative estimate of drug-likeness (QED) is 0.691. The Balaban J connectivity index is 1.84. The van der Waals surface area contributed by atoms with Gasteiger partial charge in [0.2, 0.25) is 5.91 Å². The molecule has 1 saturated heterocycles. The lowest BCUT2D eigenvalue weighted by Crippen LogP contribution is -2.37. The molecule has 2 rings (SSSR count). The molecule has 0 radical (unpaired) electrons. The molecule has 0 aliphatic carbocycles. The summed E-state index contributed by atoms with van der Waals surface area (Å²) in [5, 5.41) is 15.3. The Bertz CT molecular complexity index is 356. The number of hydrogen-bond donors (Lipinski definition) is 3. The number of phenols is 1. The van der Waals surface area contributed by atoms with E-state index in [4.69, 9.17) is 5.11 Å². The summed E-state index contributed by atoms with van der Waals surface area (Å²) < 4.78 is 0. The largest absolute Gasteiger partial charge is 0.508 e. The average Bonchev–Trinajstić information content (AvgIpc) is 2.74. The Morgan fingerprint density at radius 2 is 2.19 bits per heavy atom. The Kier molecular flexibility index (Phi) is 3.41. The van der Waals surface area contributed by atoms with Crippen molar-refractivity contribution >= 4 is 5.91 Å². The van der Waals surface area contributed by atoms with E-state index in [9.17, 15) is 4.79 Å². The first kappa shape index (κ1) is 11.0. The summed E-state index contributed by atoms with van der Waals surface area (Å²) in [5.74, 6) is 0.267. The maximum Gasteiger partial charge on any atom is 0.224 e. The third-order valence-electron chi connectivity index (χ3n) is 2.73. The van der Waals surface area contributed by atoms with Crippen molar-refractivity contribution in [2.45, 2.75) is 18.9 Å². The molecule has 1 aromatic rings.